The number of amides is 1. The van der Waals surface area contributed by atoms with Crippen molar-refractivity contribution in [3.8, 4) is 11.1 Å². The molecule has 0 radical (unpaired) electrons. The van der Waals surface area contributed by atoms with E-state index < -0.39 is 28.3 Å². The van der Waals surface area contributed by atoms with Gasteiger partial charge in [-0.2, -0.15) is 0 Å². The number of carbonyl (C=O) groups is 1. The average Bonchev–Trinajstić information content (AvgIpc) is 2.68. The van der Waals surface area contributed by atoms with E-state index in [0.29, 0.717) is 16.8 Å². The van der Waals surface area contributed by atoms with Crippen molar-refractivity contribution in [2.75, 3.05) is 16.2 Å². The third kappa shape index (κ3) is 3.54. The summed E-state index contributed by atoms with van der Waals surface area (Å²) in [5.74, 6) is -0.974. The van der Waals surface area contributed by atoms with E-state index in [0.717, 1.165) is 14.3 Å². The Kier molecular flexibility index (Phi) is 4.92. The summed E-state index contributed by atoms with van der Waals surface area (Å²) in [6.45, 7) is 1.46. The molecule has 1 amide bonds. The number of aryl methyl sites for hydroxylation is 1. The highest BCUT2D eigenvalue weighted by atomic mass is 79.9. The summed E-state index contributed by atoms with van der Waals surface area (Å²) in [6.07, 6.45) is 0. The smallest absolute Gasteiger partial charge is 0.265 e. The van der Waals surface area contributed by atoms with Crippen molar-refractivity contribution in [1.29, 1.82) is 0 Å². The Morgan fingerprint density at radius 3 is 2.59 bits per heavy atom. The Morgan fingerprint density at radius 1 is 1.07 bits per heavy atom. The summed E-state index contributed by atoms with van der Waals surface area (Å²) < 4.78 is 42.2. The molecule has 1 aliphatic heterocycles. The minimum Gasteiger partial charge on any atom is -0.325 e. The van der Waals surface area contributed by atoms with Crippen LogP contribution in [0, 0.1) is 12.7 Å². The van der Waals surface area contributed by atoms with Crippen LogP contribution in [-0.4, -0.2) is 20.9 Å². The zero-order valence-electron chi connectivity index (χ0n) is 15.3. The standard InChI is InChI=1S/C21H16BrFN2O3S/c1-13-10-15(7-8-18(13)22)24-21(26)12-25-19-9-6-14(23)11-17(19)16-4-2-3-5-20(16)29(25,27)28/h2-11H,12H2,1H3,(H,24,26). The molecule has 0 fully saturated rings. The van der Waals surface area contributed by atoms with Crippen LogP contribution in [0.25, 0.3) is 11.1 Å². The van der Waals surface area contributed by atoms with Crippen molar-refractivity contribution >= 4 is 43.2 Å². The van der Waals surface area contributed by atoms with Crippen molar-refractivity contribution in [3.63, 3.8) is 0 Å². The molecule has 0 bridgehead atoms. The van der Waals surface area contributed by atoms with E-state index in [1.807, 2.05) is 6.92 Å². The van der Waals surface area contributed by atoms with Gasteiger partial charge in [0, 0.05) is 21.3 Å². The normalized spacial score (nSPS) is 14.1. The van der Waals surface area contributed by atoms with Gasteiger partial charge in [0.2, 0.25) is 5.91 Å². The van der Waals surface area contributed by atoms with Crippen molar-refractivity contribution < 1.29 is 17.6 Å². The summed E-state index contributed by atoms with van der Waals surface area (Å²) in [6, 6.07) is 15.5. The molecule has 1 aliphatic rings. The lowest BCUT2D eigenvalue weighted by Crippen LogP contribution is -2.40. The molecule has 3 aromatic carbocycles. The first kappa shape index (κ1) is 19.6. The molecule has 3 aromatic rings. The predicted molar refractivity (Wildman–Crippen MR) is 114 cm³/mol. The van der Waals surface area contributed by atoms with E-state index in [4.69, 9.17) is 0 Å². The Morgan fingerprint density at radius 2 is 1.83 bits per heavy atom. The molecular formula is C21H16BrFN2O3S. The molecule has 0 unspecified atom stereocenters. The molecule has 1 heterocycles. The fourth-order valence-corrected chi connectivity index (χ4v) is 5.22. The highest BCUT2D eigenvalue weighted by Crippen LogP contribution is 2.43. The van der Waals surface area contributed by atoms with Gasteiger partial charge < -0.3 is 5.32 Å². The molecular weight excluding hydrogens is 459 g/mol. The summed E-state index contributed by atoms with van der Waals surface area (Å²) in [7, 11) is -3.97. The van der Waals surface area contributed by atoms with E-state index in [1.54, 1.807) is 36.4 Å². The van der Waals surface area contributed by atoms with Crippen LogP contribution in [0.3, 0.4) is 0 Å². The first-order valence-electron chi connectivity index (χ1n) is 8.75. The fourth-order valence-electron chi connectivity index (χ4n) is 3.33. The highest BCUT2D eigenvalue weighted by molar-refractivity contribution is 9.10. The number of anilines is 2. The Labute approximate surface area is 176 Å². The number of hydrogen-bond donors (Lipinski definition) is 1. The lowest BCUT2D eigenvalue weighted by atomic mass is 10.0. The molecule has 1 N–H and O–H groups in total. The van der Waals surface area contributed by atoms with Gasteiger partial charge in [0.05, 0.1) is 10.6 Å². The number of sulfonamides is 1. The van der Waals surface area contributed by atoms with Crippen LogP contribution in [-0.2, 0) is 14.8 Å². The number of nitrogens with one attached hydrogen (secondary N) is 1. The van der Waals surface area contributed by atoms with Gasteiger partial charge in [-0.3, -0.25) is 9.10 Å². The topological polar surface area (TPSA) is 66.5 Å². The SMILES string of the molecule is Cc1cc(NC(=O)CN2c3ccc(F)cc3-c3ccccc3S2(=O)=O)ccc1Br. The molecule has 0 atom stereocenters. The minimum atomic E-state index is -3.97. The molecule has 4 rings (SSSR count). The maximum absolute atomic E-state index is 13.9. The number of rotatable bonds is 3. The molecule has 148 valence electrons. The Hall–Kier alpha value is -2.71. The predicted octanol–water partition coefficient (Wildman–Crippen LogP) is 4.71. The molecule has 0 saturated heterocycles. The minimum absolute atomic E-state index is 0.0467. The fraction of sp³-hybridized carbons (Fsp3) is 0.0952. The molecule has 29 heavy (non-hydrogen) atoms. The molecule has 0 saturated carbocycles. The van der Waals surface area contributed by atoms with Gasteiger partial charge in [-0.15, -0.1) is 0 Å². The zero-order chi connectivity index (χ0) is 20.8. The lowest BCUT2D eigenvalue weighted by molar-refractivity contribution is -0.114. The van der Waals surface area contributed by atoms with Gasteiger partial charge in [-0.1, -0.05) is 34.1 Å². The van der Waals surface area contributed by atoms with E-state index in [-0.39, 0.29) is 10.6 Å². The van der Waals surface area contributed by atoms with Crippen LogP contribution >= 0.6 is 15.9 Å². The summed E-state index contributed by atoms with van der Waals surface area (Å²) >= 11 is 3.40. The average molecular weight is 475 g/mol. The number of halogens is 2. The second-order valence-electron chi connectivity index (χ2n) is 6.68. The first-order chi connectivity index (χ1) is 13.8. The van der Waals surface area contributed by atoms with Gasteiger partial charge in [0.1, 0.15) is 12.4 Å². The largest absolute Gasteiger partial charge is 0.325 e. The number of nitrogens with zero attached hydrogens (tertiary/aromatic N) is 1. The van der Waals surface area contributed by atoms with Gasteiger partial charge in [0.25, 0.3) is 10.0 Å². The second-order valence-corrected chi connectivity index (χ2v) is 9.37. The summed E-state index contributed by atoms with van der Waals surface area (Å²) in [5, 5.41) is 2.72. The monoisotopic (exact) mass is 474 g/mol. The van der Waals surface area contributed by atoms with Gasteiger partial charge in [0.15, 0.2) is 0 Å². The van der Waals surface area contributed by atoms with Crippen molar-refractivity contribution in [3.05, 3.63) is 76.5 Å². The summed E-state index contributed by atoms with van der Waals surface area (Å²) in [4.78, 5) is 12.7. The van der Waals surface area contributed by atoms with Gasteiger partial charge >= 0.3 is 0 Å². The third-order valence-electron chi connectivity index (χ3n) is 4.70. The van der Waals surface area contributed by atoms with Crippen LogP contribution < -0.4 is 9.62 Å². The summed E-state index contributed by atoms with van der Waals surface area (Å²) in [5.41, 5.74) is 2.62. The van der Waals surface area contributed by atoms with Crippen LogP contribution in [0.15, 0.2) is 70.0 Å². The quantitative estimate of drug-likeness (QED) is 0.597. The van der Waals surface area contributed by atoms with E-state index in [9.17, 15) is 17.6 Å². The van der Waals surface area contributed by atoms with Gasteiger partial charge in [-0.25, -0.2) is 12.8 Å². The van der Waals surface area contributed by atoms with Gasteiger partial charge in [-0.05, 0) is 55.0 Å². The van der Waals surface area contributed by atoms with E-state index >= 15 is 0 Å². The Balaban J connectivity index is 1.72. The van der Waals surface area contributed by atoms with Crippen LogP contribution in [0.1, 0.15) is 5.56 Å². The van der Waals surface area contributed by atoms with Crippen molar-refractivity contribution in [2.24, 2.45) is 0 Å². The number of benzene rings is 3. The van der Waals surface area contributed by atoms with Crippen LogP contribution in [0.5, 0.6) is 0 Å². The number of carbonyl (C=O) groups excluding carboxylic acids is 1. The van der Waals surface area contributed by atoms with Crippen LogP contribution in [0.4, 0.5) is 15.8 Å². The molecule has 0 aliphatic carbocycles. The number of fused-ring (bicyclic) bond motifs is 3. The lowest BCUT2D eigenvalue weighted by Gasteiger charge is -2.31. The van der Waals surface area contributed by atoms with Crippen molar-refractivity contribution in [1.82, 2.24) is 0 Å². The van der Waals surface area contributed by atoms with Crippen molar-refractivity contribution in [2.45, 2.75) is 11.8 Å². The van der Waals surface area contributed by atoms with Crippen LogP contribution in [0.2, 0.25) is 0 Å². The maximum atomic E-state index is 13.9. The second kappa shape index (κ2) is 7.27. The molecule has 8 heteroatoms. The third-order valence-corrected chi connectivity index (χ3v) is 7.41. The first-order valence-corrected chi connectivity index (χ1v) is 11.0. The Bertz CT molecular complexity index is 1240. The molecule has 5 nitrogen and oxygen atoms in total. The molecule has 0 spiro atoms. The zero-order valence-corrected chi connectivity index (χ0v) is 17.7. The maximum Gasteiger partial charge on any atom is 0.265 e. The highest BCUT2D eigenvalue weighted by Gasteiger charge is 2.36. The molecule has 0 aromatic heterocycles. The number of hydrogen-bond acceptors (Lipinski definition) is 3. The van der Waals surface area contributed by atoms with E-state index in [1.165, 1.54) is 24.3 Å². The van der Waals surface area contributed by atoms with E-state index in [2.05, 4.69) is 21.2 Å².